The summed E-state index contributed by atoms with van der Waals surface area (Å²) in [7, 11) is 0. The zero-order chi connectivity index (χ0) is 48.3. The highest BCUT2D eigenvalue weighted by Gasteiger charge is 2.30. The molecule has 9 rings (SSSR count). The predicted molar refractivity (Wildman–Crippen MR) is 274 cm³/mol. The van der Waals surface area contributed by atoms with E-state index < -0.39 is 6.85 Å². The summed E-state index contributed by atoms with van der Waals surface area (Å²) < 4.78 is 25.9. The van der Waals surface area contributed by atoms with Crippen molar-refractivity contribution in [2.45, 2.75) is 85.4 Å². The minimum atomic E-state index is -2.18. The van der Waals surface area contributed by atoms with Crippen LogP contribution in [-0.2, 0) is 16.2 Å². The third-order valence-corrected chi connectivity index (χ3v) is 12.5. The Kier molecular flexibility index (Phi) is 10.0. The number of pyridine rings is 1. The standard InChI is InChI=1S/C61H59N3O/c1-39-24-26-41(27-25-39)43-30-31-62-53(35-43)46-33-44(40-18-13-11-14-19-40)32-45(34-46)49-22-17-23-55-56(49)63-58(51-37-48(60(5,6)7)38-52(57(51)65)61(8,9)10)64(55)54-29-28-47(59(2,3)4)36-50(54)42-20-15-12-16-21-42/h11-38,65H,1-10H3/i1D3. The first-order valence-corrected chi connectivity index (χ1v) is 22.5. The average Bonchev–Trinajstić information content (AvgIpc) is 3.70. The van der Waals surface area contributed by atoms with Gasteiger partial charge in [-0.25, -0.2) is 4.98 Å². The second-order valence-electron chi connectivity index (χ2n) is 20.4. The maximum Gasteiger partial charge on any atom is 0.149 e. The van der Waals surface area contributed by atoms with E-state index in [1.165, 1.54) is 5.56 Å². The number of phenolic OH excluding ortho intramolecular Hbond substituents is 1. The highest BCUT2D eigenvalue weighted by molar-refractivity contribution is 5.98. The van der Waals surface area contributed by atoms with Crippen LogP contribution in [0.1, 0.15) is 88.7 Å². The van der Waals surface area contributed by atoms with Crippen LogP contribution in [0.4, 0.5) is 0 Å². The van der Waals surface area contributed by atoms with Gasteiger partial charge in [0.1, 0.15) is 11.6 Å². The average molecular weight is 853 g/mol. The van der Waals surface area contributed by atoms with E-state index >= 15 is 0 Å². The minimum absolute atomic E-state index is 0.101. The molecule has 0 bridgehead atoms. The molecule has 324 valence electrons. The Morgan fingerprint density at radius 1 is 0.477 bits per heavy atom. The van der Waals surface area contributed by atoms with E-state index in [2.05, 4.69) is 188 Å². The second-order valence-corrected chi connectivity index (χ2v) is 20.4. The first-order chi connectivity index (χ1) is 32.1. The molecule has 2 aromatic heterocycles. The Morgan fingerprint density at radius 3 is 1.77 bits per heavy atom. The Labute approximate surface area is 389 Å². The number of aryl methyl sites for hydroxylation is 1. The van der Waals surface area contributed by atoms with E-state index in [1.807, 2.05) is 36.5 Å². The number of para-hydroxylation sites is 1. The van der Waals surface area contributed by atoms with Crippen molar-refractivity contribution in [1.82, 2.24) is 14.5 Å². The van der Waals surface area contributed by atoms with Crippen molar-refractivity contribution < 1.29 is 9.22 Å². The summed E-state index contributed by atoms with van der Waals surface area (Å²) in [5, 5.41) is 12.6. The number of hydrogen-bond acceptors (Lipinski definition) is 3. The minimum Gasteiger partial charge on any atom is -0.507 e. The third-order valence-electron chi connectivity index (χ3n) is 12.5. The SMILES string of the molecule is [2H]C([2H])([2H])c1ccc(-c2ccnc(-c3cc(-c4ccccc4)cc(-c4cccc5c4nc(-c4cc(C(C)(C)C)cc(C(C)(C)C)c4O)n5-c4ccc(C(C)(C)C)cc4-c4ccccc4)c3)c2)cc1. The fraction of sp³-hybridized carbons (Fsp3) is 0.213. The summed E-state index contributed by atoms with van der Waals surface area (Å²) in [6, 6.07) is 56.1. The predicted octanol–water partition coefficient (Wildman–Crippen LogP) is 16.3. The molecular formula is C61H59N3O. The number of nitrogens with zero attached hydrogens (tertiary/aromatic N) is 3. The molecule has 4 nitrogen and oxygen atoms in total. The highest BCUT2D eigenvalue weighted by atomic mass is 16.3. The third kappa shape index (κ3) is 8.54. The van der Waals surface area contributed by atoms with Crippen molar-refractivity contribution in [3.8, 4) is 78.6 Å². The van der Waals surface area contributed by atoms with Gasteiger partial charge in [-0.2, -0.15) is 0 Å². The molecule has 0 atom stereocenters. The van der Waals surface area contributed by atoms with Crippen molar-refractivity contribution in [2.75, 3.05) is 0 Å². The van der Waals surface area contributed by atoms with Crippen LogP contribution in [0.25, 0.3) is 83.9 Å². The van der Waals surface area contributed by atoms with Gasteiger partial charge in [-0.1, -0.05) is 177 Å². The number of phenols is 1. The van der Waals surface area contributed by atoms with E-state index in [0.29, 0.717) is 17.0 Å². The molecule has 0 saturated heterocycles. The van der Waals surface area contributed by atoms with Gasteiger partial charge in [-0.05, 0) is 122 Å². The van der Waals surface area contributed by atoms with Gasteiger partial charge in [-0.3, -0.25) is 9.55 Å². The number of benzene rings is 7. The first kappa shape index (κ1) is 39.5. The number of aromatic hydroxyl groups is 1. The smallest absolute Gasteiger partial charge is 0.149 e. The summed E-state index contributed by atoms with van der Waals surface area (Å²) in [5.74, 6) is 0.879. The van der Waals surface area contributed by atoms with Crippen LogP contribution in [0, 0.1) is 6.85 Å². The fourth-order valence-electron chi connectivity index (χ4n) is 8.77. The number of imidazole rings is 1. The van der Waals surface area contributed by atoms with Gasteiger partial charge in [0, 0.05) is 32.6 Å². The van der Waals surface area contributed by atoms with Gasteiger partial charge in [-0.15, -0.1) is 0 Å². The lowest BCUT2D eigenvalue weighted by Gasteiger charge is -2.28. The summed E-state index contributed by atoms with van der Waals surface area (Å²) in [5.41, 5.74) is 15.9. The molecule has 0 aliphatic heterocycles. The number of aromatic nitrogens is 3. The molecule has 4 heteroatoms. The highest BCUT2D eigenvalue weighted by Crippen LogP contribution is 2.46. The molecule has 0 amide bonds. The molecule has 2 heterocycles. The Bertz CT molecular complexity index is 3310. The van der Waals surface area contributed by atoms with Gasteiger partial charge in [0.15, 0.2) is 0 Å². The summed E-state index contributed by atoms with van der Waals surface area (Å²) in [4.78, 5) is 10.6. The maximum atomic E-state index is 12.6. The lowest BCUT2D eigenvalue weighted by Crippen LogP contribution is -2.17. The largest absolute Gasteiger partial charge is 0.507 e. The van der Waals surface area contributed by atoms with E-state index in [9.17, 15) is 5.11 Å². The van der Waals surface area contributed by atoms with Crippen LogP contribution in [-0.4, -0.2) is 19.6 Å². The van der Waals surface area contributed by atoms with Gasteiger partial charge < -0.3 is 5.11 Å². The van der Waals surface area contributed by atoms with Crippen LogP contribution in [0.2, 0.25) is 0 Å². The van der Waals surface area contributed by atoms with Crippen molar-refractivity contribution in [2.24, 2.45) is 0 Å². The fourth-order valence-corrected chi connectivity index (χ4v) is 8.77. The van der Waals surface area contributed by atoms with Crippen molar-refractivity contribution >= 4 is 11.0 Å². The van der Waals surface area contributed by atoms with E-state index in [-0.39, 0.29) is 22.0 Å². The Balaban J connectivity index is 1.34. The van der Waals surface area contributed by atoms with E-state index in [1.54, 1.807) is 12.1 Å². The summed E-state index contributed by atoms with van der Waals surface area (Å²) in [6.45, 7) is 17.6. The molecule has 1 N–H and O–H groups in total. The second kappa shape index (κ2) is 16.5. The molecule has 0 saturated carbocycles. The topological polar surface area (TPSA) is 50.9 Å². The molecule has 0 aliphatic carbocycles. The Morgan fingerprint density at radius 2 is 1.11 bits per heavy atom. The Hall–Kier alpha value is -7.04. The van der Waals surface area contributed by atoms with Crippen LogP contribution >= 0.6 is 0 Å². The quantitative estimate of drug-likeness (QED) is 0.174. The summed E-state index contributed by atoms with van der Waals surface area (Å²) in [6.07, 6.45) is 1.81. The van der Waals surface area contributed by atoms with Crippen LogP contribution in [0.5, 0.6) is 5.75 Å². The number of hydrogen-bond donors (Lipinski definition) is 1. The van der Waals surface area contributed by atoms with Crippen LogP contribution < -0.4 is 0 Å². The first-order valence-electron chi connectivity index (χ1n) is 24.0. The van der Waals surface area contributed by atoms with Gasteiger partial charge in [0.2, 0.25) is 0 Å². The van der Waals surface area contributed by atoms with Crippen LogP contribution in [0.15, 0.2) is 170 Å². The lowest BCUT2D eigenvalue weighted by atomic mass is 9.79. The molecule has 7 aromatic carbocycles. The molecule has 0 spiro atoms. The van der Waals surface area contributed by atoms with Gasteiger partial charge in [0.05, 0.1) is 28.0 Å². The monoisotopic (exact) mass is 852 g/mol. The van der Waals surface area contributed by atoms with Crippen molar-refractivity contribution in [3.05, 3.63) is 192 Å². The van der Waals surface area contributed by atoms with Gasteiger partial charge >= 0.3 is 0 Å². The normalized spacial score (nSPS) is 13.1. The maximum absolute atomic E-state index is 12.6. The lowest BCUT2D eigenvalue weighted by molar-refractivity contribution is 0.446. The molecular weight excluding hydrogens is 791 g/mol. The molecule has 0 aliphatic rings. The number of fused-ring (bicyclic) bond motifs is 1. The van der Waals surface area contributed by atoms with Crippen molar-refractivity contribution in [1.29, 1.82) is 0 Å². The number of rotatable bonds is 7. The zero-order valence-corrected chi connectivity index (χ0v) is 39.0. The van der Waals surface area contributed by atoms with Gasteiger partial charge in [0.25, 0.3) is 0 Å². The molecule has 0 unspecified atom stereocenters. The van der Waals surface area contributed by atoms with Crippen molar-refractivity contribution in [3.63, 3.8) is 0 Å². The molecule has 65 heavy (non-hydrogen) atoms. The van der Waals surface area contributed by atoms with Crippen LogP contribution in [0.3, 0.4) is 0 Å². The van der Waals surface area contributed by atoms with E-state index in [4.69, 9.17) is 14.1 Å². The summed E-state index contributed by atoms with van der Waals surface area (Å²) >= 11 is 0. The van der Waals surface area contributed by atoms with E-state index in [0.717, 1.165) is 83.6 Å². The zero-order valence-electron chi connectivity index (χ0n) is 42.0. The molecule has 0 radical (unpaired) electrons. The molecule has 9 aromatic rings. The molecule has 0 fully saturated rings.